The number of carbonyl (C=O) groups is 1. The number of ketones is 1. The third-order valence-corrected chi connectivity index (χ3v) is 10.1. The quantitative estimate of drug-likeness (QED) is 0.561. The first-order valence-corrected chi connectivity index (χ1v) is 12.2. The zero-order valence-electron chi connectivity index (χ0n) is 18.7. The molecule has 3 saturated carbocycles. The molecule has 0 unspecified atom stereocenters. The summed E-state index contributed by atoms with van der Waals surface area (Å²) in [4.78, 5) is 11.8. The number of Topliss-reactive ketones (excluding diaryl/α,β-unsaturated/α-hetero) is 1. The molecule has 3 fully saturated rings. The van der Waals surface area contributed by atoms with Crippen LogP contribution in [0, 0.1) is 40.4 Å². The molecule has 0 aromatic heterocycles. The van der Waals surface area contributed by atoms with E-state index in [1.807, 2.05) is 6.92 Å². The second-order valence-electron chi connectivity index (χ2n) is 11.3. The third kappa shape index (κ3) is 3.22. The standard InChI is InChI=1S/C26H42O2/c1-5-19(27)8-6-17(2)22-10-11-23-21-9-7-18-16-20(28)12-14-25(18,3)24(21)13-15-26(22,23)4/h7,17,20-24,28H,5-6,8-16H2,1-4H3/t17-,20+,21-,22-,23-,24-,25+,26-/m1/s1. The molecule has 0 heterocycles. The van der Waals surface area contributed by atoms with E-state index in [9.17, 15) is 9.90 Å². The van der Waals surface area contributed by atoms with Crippen LogP contribution < -0.4 is 0 Å². The fourth-order valence-corrected chi connectivity index (χ4v) is 8.38. The molecule has 0 amide bonds. The molecule has 2 heteroatoms. The fraction of sp³-hybridized carbons (Fsp3) is 0.885. The molecule has 158 valence electrons. The largest absolute Gasteiger partial charge is 0.393 e. The van der Waals surface area contributed by atoms with Crippen molar-refractivity contribution in [3.05, 3.63) is 11.6 Å². The summed E-state index contributed by atoms with van der Waals surface area (Å²) in [6, 6.07) is 0. The van der Waals surface area contributed by atoms with Crippen molar-refractivity contribution in [3.63, 3.8) is 0 Å². The van der Waals surface area contributed by atoms with Gasteiger partial charge >= 0.3 is 0 Å². The minimum absolute atomic E-state index is 0.104. The lowest BCUT2D eigenvalue weighted by molar-refractivity contribution is -0.119. The zero-order chi connectivity index (χ0) is 20.1. The summed E-state index contributed by atoms with van der Waals surface area (Å²) in [5.74, 6) is 4.45. The SMILES string of the molecule is CCC(=O)CC[C@@H](C)[C@H]1CC[C@@H]2[C@H]3CC=C4C[C@@H](O)CC[C@]4(C)[C@@H]3CC[C@@]21C. The Balaban J connectivity index is 1.51. The Morgan fingerprint density at radius 3 is 2.71 bits per heavy atom. The summed E-state index contributed by atoms with van der Waals surface area (Å²) in [7, 11) is 0. The lowest BCUT2D eigenvalue weighted by Crippen LogP contribution is -2.50. The van der Waals surface area contributed by atoms with E-state index in [0.717, 1.165) is 49.4 Å². The van der Waals surface area contributed by atoms with Crippen molar-refractivity contribution in [1.29, 1.82) is 0 Å². The molecule has 0 saturated heterocycles. The Kier molecular flexibility index (Phi) is 5.57. The van der Waals surface area contributed by atoms with Gasteiger partial charge in [0.05, 0.1) is 6.10 Å². The number of hydrogen-bond acceptors (Lipinski definition) is 2. The predicted octanol–water partition coefficient (Wildman–Crippen LogP) is 6.32. The van der Waals surface area contributed by atoms with Gasteiger partial charge in [-0.2, -0.15) is 0 Å². The van der Waals surface area contributed by atoms with Gasteiger partial charge in [-0.3, -0.25) is 4.79 Å². The van der Waals surface area contributed by atoms with Crippen molar-refractivity contribution in [3.8, 4) is 0 Å². The molecule has 4 aliphatic rings. The Bertz CT molecular complexity index is 636. The van der Waals surface area contributed by atoms with Crippen LogP contribution in [0.15, 0.2) is 11.6 Å². The van der Waals surface area contributed by atoms with Crippen LogP contribution in [-0.2, 0) is 4.79 Å². The van der Waals surface area contributed by atoms with Crippen LogP contribution in [0.5, 0.6) is 0 Å². The van der Waals surface area contributed by atoms with E-state index >= 15 is 0 Å². The Labute approximate surface area is 172 Å². The van der Waals surface area contributed by atoms with Crippen molar-refractivity contribution in [2.75, 3.05) is 0 Å². The molecular formula is C26H42O2. The van der Waals surface area contributed by atoms with Crippen molar-refractivity contribution in [1.82, 2.24) is 0 Å². The fourth-order valence-electron chi connectivity index (χ4n) is 8.38. The van der Waals surface area contributed by atoms with Crippen LogP contribution >= 0.6 is 0 Å². The van der Waals surface area contributed by atoms with Gasteiger partial charge in [-0.05, 0) is 98.2 Å². The smallest absolute Gasteiger partial charge is 0.132 e. The number of hydrogen-bond donors (Lipinski definition) is 1. The first-order chi connectivity index (χ1) is 13.3. The van der Waals surface area contributed by atoms with Gasteiger partial charge in [-0.1, -0.05) is 39.3 Å². The lowest BCUT2D eigenvalue weighted by atomic mass is 9.47. The van der Waals surface area contributed by atoms with Crippen molar-refractivity contribution in [2.45, 2.75) is 104 Å². The number of aliphatic hydroxyl groups excluding tert-OH is 1. The molecule has 0 bridgehead atoms. The van der Waals surface area contributed by atoms with E-state index in [1.54, 1.807) is 5.57 Å². The van der Waals surface area contributed by atoms with Crippen LogP contribution in [0.3, 0.4) is 0 Å². The molecule has 0 radical (unpaired) electrons. The maximum absolute atomic E-state index is 11.8. The van der Waals surface area contributed by atoms with Crippen LogP contribution in [0.25, 0.3) is 0 Å². The highest BCUT2D eigenvalue weighted by Crippen LogP contribution is 2.67. The summed E-state index contributed by atoms with van der Waals surface area (Å²) in [6.45, 7) is 9.55. The Morgan fingerprint density at radius 2 is 1.96 bits per heavy atom. The molecule has 0 spiro atoms. The first-order valence-electron chi connectivity index (χ1n) is 12.2. The molecule has 8 atom stereocenters. The Morgan fingerprint density at radius 1 is 1.18 bits per heavy atom. The average molecular weight is 387 g/mol. The monoisotopic (exact) mass is 386 g/mol. The van der Waals surface area contributed by atoms with Crippen molar-refractivity contribution in [2.24, 2.45) is 40.4 Å². The zero-order valence-corrected chi connectivity index (χ0v) is 18.7. The van der Waals surface area contributed by atoms with E-state index in [2.05, 4.69) is 26.8 Å². The van der Waals surface area contributed by atoms with Gasteiger partial charge in [0.2, 0.25) is 0 Å². The second-order valence-corrected chi connectivity index (χ2v) is 11.3. The molecule has 2 nitrogen and oxygen atoms in total. The van der Waals surface area contributed by atoms with Crippen LogP contribution in [-0.4, -0.2) is 17.0 Å². The van der Waals surface area contributed by atoms with Crippen LogP contribution in [0.2, 0.25) is 0 Å². The number of rotatable bonds is 5. The van der Waals surface area contributed by atoms with Gasteiger partial charge < -0.3 is 5.11 Å². The van der Waals surface area contributed by atoms with E-state index in [-0.39, 0.29) is 6.10 Å². The maximum atomic E-state index is 11.8. The highest BCUT2D eigenvalue weighted by atomic mass is 16.3. The third-order valence-electron chi connectivity index (χ3n) is 10.1. The van der Waals surface area contributed by atoms with Crippen molar-refractivity contribution >= 4 is 5.78 Å². The van der Waals surface area contributed by atoms with E-state index < -0.39 is 0 Å². The average Bonchev–Trinajstić information content (AvgIpc) is 3.03. The highest BCUT2D eigenvalue weighted by molar-refractivity contribution is 5.77. The molecule has 0 aromatic carbocycles. The van der Waals surface area contributed by atoms with Gasteiger partial charge in [0, 0.05) is 12.8 Å². The normalized spacial score (nSPS) is 46.2. The Hall–Kier alpha value is -0.630. The molecule has 28 heavy (non-hydrogen) atoms. The molecule has 1 N–H and O–H groups in total. The second kappa shape index (κ2) is 7.56. The van der Waals surface area contributed by atoms with E-state index in [4.69, 9.17) is 0 Å². The molecule has 4 aliphatic carbocycles. The van der Waals surface area contributed by atoms with Crippen LogP contribution in [0.1, 0.15) is 98.3 Å². The summed E-state index contributed by atoms with van der Waals surface area (Å²) in [6.07, 6.45) is 14.9. The number of carbonyl (C=O) groups excluding carboxylic acids is 1. The molecule has 0 aromatic rings. The van der Waals surface area contributed by atoms with Gasteiger partial charge in [0.1, 0.15) is 5.78 Å². The number of allylic oxidation sites excluding steroid dienone is 1. The highest BCUT2D eigenvalue weighted by Gasteiger charge is 2.59. The summed E-state index contributed by atoms with van der Waals surface area (Å²) in [5, 5.41) is 10.2. The number of fused-ring (bicyclic) bond motifs is 5. The molecule has 0 aliphatic heterocycles. The minimum atomic E-state index is -0.104. The van der Waals surface area contributed by atoms with Crippen LogP contribution in [0.4, 0.5) is 0 Å². The lowest BCUT2D eigenvalue weighted by Gasteiger charge is -2.58. The maximum Gasteiger partial charge on any atom is 0.132 e. The summed E-state index contributed by atoms with van der Waals surface area (Å²) < 4.78 is 0. The van der Waals surface area contributed by atoms with E-state index in [1.165, 1.54) is 38.5 Å². The van der Waals surface area contributed by atoms with Gasteiger partial charge in [0.15, 0.2) is 0 Å². The minimum Gasteiger partial charge on any atom is -0.393 e. The summed E-state index contributed by atoms with van der Waals surface area (Å²) in [5.41, 5.74) is 2.41. The number of aliphatic hydroxyl groups is 1. The van der Waals surface area contributed by atoms with Gasteiger partial charge in [0.25, 0.3) is 0 Å². The molecule has 4 rings (SSSR count). The topological polar surface area (TPSA) is 37.3 Å². The summed E-state index contributed by atoms with van der Waals surface area (Å²) >= 11 is 0. The molecular weight excluding hydrogens is 344 g/mol. The van der Waals surface area contributed by atoms with Gasteiger partial charge in [-0.15, -0.1) is 0 Å². The first kappa shape index (κ1) is 20.6. The van der Waals surface area contributed by atoms with Gasteiger partial charge in [-0.25, -0.2) is 0 Å². The predicted molar refractivity (Wildman–Crippen MR) is 115 cm³/mol. The van der Waals surface area contributed by atoms with Crippen molar-refractivity contribution < 1.29 is 9.90 Å². The van der Waals surface area contributed by atoms with E-state index in [0.29, 0.717) is 29.0 Å².